The van der Waals surface area contributed by atoms with Gasteiger partial charge in [-0.05, 0) is 24.7 Å². The van der Waals surface area contributed by atoms with Crippen LogP contribution in [0, 0.1) is 11.8 Å². The molecule has 1 N–H and O–H groups in total. The number of pyridine rings is 1. The molecule has 0 amide bonds. The minimum atomic E-state index is 0.123. The molecular weight excluding hydrogens is 280 g/mol. The Bertz CT molecular complexity index is 598. The number of aliphatic hydroxyl groups is 1. The van der Waals surface area contributed by atoms with Gasteiger partial charge in [0.2, 0.25) is 0 Å². The number of aromatic nitrogens is 1. The second-order valence-corrected chi connectivity index (χ2v) is 5.70. The normalized spacial score (nSPS) is 10.4. The monoisotopic (exact) mass is 300 g/mol. The number of rotatable bonds is 6. The molecule has 0 aliphatic carbocycles. The Balaban J connectivity index is 1.94. The van der Waals surface area contributed by atoms with Crippen molar-refractivity contribution < 1.29 is 5.11 Å². The zero-order chi connectivity index (χ0) is 14.9. The van der Waals surface area contributed by atoms with E-state index < -0.39 is 0 Å². The molecule has 2 rings (SSSR count). The van der Waals surface area contributed by atoms with E-state index in [1.54, 1.807) is 11.3 Å². The fourth-order valence-corrected chi connectivity index (χ4v) is 2.83. The second-order valence-electron chi connectivity index (χ2n) is 4.70. The Labute approximate surface area is 130 Å². The van der Waals surface area contributed by atoms with Gasteiger partial charge in [0, 0.05) is 41.5 Å². The molecular formula is C17H20N2OS. The molecule has 0 unspecified atom stereocenters. The predicted molar refractivity (Wildman–Crippen MR) is 86.9 cm³/mol. The van der Waals surface area contributed by atoms with Crippen LogP contribution in [0.4, 0.5) is 0 Å². The fraction of sp³-hybridized carbons (Fsp3) is 0.353. The van der Waals surface area contributed by atoms with Crippen molar-refractivity contribution in [2.24, 2.45) is 0 Å². The zero-order valence-corrected chi connectivity index (χ0v) is 13.1. The molecule has 110 valence electrons. The Hall–Kier alpha value is -1.67. The third kappa shape index (κ3) is 5.31. The van der Waals surface area contributed by atoms with Gasteiger partial charge in [0.15, 0.2) is 0 Å². The molecule has 0 spiro atoms. The Morgan fingerprint density at radius 1 is 1.33 bits per heavy atom. The average molecular weight is 300 g/mol. The van der Waals surface area contributed by atoms with E-state index in [0.29, 0.717) is 6.42 Å². The van der Waals surface area contributed by atoms with E-state index in [4.69, 9.17) is 5.11 Å². The highest BCUT2D eigenvalue weighted by molar-refractivity contribution is 7.10. The van der Waals surface area contributed by atoms with E-state index in [2.05, 4.69) is 46.2 Å². The van der Waals surface area contributed by atoms with Crippen LogP contribution >= 0.6 is 11.3 Å². The summed E-state index contributed by atoms with van der Waals surface area (Å²) >= 11 is 1.73. The molecule has 3 nitrogen and oxygen atoms in total. The lowest BCUT2D eigenvalue weighted by atomic mass is 10.2. The van der Waals surface area contributed by atoms with Gasteiger partial charge in [-0.15, -0.1) is 11.3 Å². The van der Waals surface area contributed by atoms with Crippen molar-refractivity contribution in [3.05, 3.63) is 52.0 Å². The van der Waals surface area contributed by atoms with Gasteiger partial charge in [0.05, 0.1) is 12.3 Å². The largest absolute Gasteiger partial charge is 0.395 e. The molecule has 0 saturated carbocycles. The van der Waals surface area contributed by atoms with Crippen molar-refractivity contribution in [2.45, 2.75) is 26.4 Å². The summed E-state index contributed by atoms with van der Waals surface area (Å²) in [6, 6.07) is 8.16. The van der Waals surface area contributed by atoms with Crippen molar-refractivity contribution in [1.82, 2.24) is 9.88 Å². The lowest BCUT2D eigenvalue weighted by Crippen LogP contribution is -2.22. The highest BCUT2D eigenvalue weighted by Gasteiger charge is 2.07. The summed E-state index contributed by atoms with van der Waals surface area (Å²) in [7, 11) is 0. The van der Waals surface area contributed by atoms with Gasteiger partial charge < -0.3 is 5.11 Å². The first kappa shape index (κ1) is 15.7. The summed E-state index contributed by atoms with van der Waals surface area (Å²) in [5.41, 5.74) is 2.14. The van der Waals surface area contributed by atoms with Crippen molar-refractivity contribution in [1.29, 1.82) is 0 Å². The van der Waals surface area contributed by atoms with E-state index >= 15 is 0 Å². The number of nitrogens with zero attached hydrogens (tertiary/aromatic N) is 2. The molecule has 0 aliphatic rings. The minimum absolute atomic E-state index is 0.123. The Kier molecular flexibility index (Phi) is 6.42. The van der Waals surface area contributed by atoms with Gasteiger partial charge in [-0.25, -0.2) is 0 Å². The third-order valence-electron chi connectivity index (χ3n) is 3.06. The van der Waals surface area contributed by atoms with Gasteiger partial charge in [0.25, 0.3) is 0 Å². The second kappa shape index (κ2) is 8.58. The molecule has 0 fully saturated rings. The van der Waals surface area contributed by atoms with E-state index in [9.17, 15) is 0 Å². The molecule has 0 atom stereocenters. The lowest BCUT2D eigenvalue weighted by Gasteiger charge is -2.18. The van der Waals surface area contributed by atoms with E-state index in [1.165, 1.54) is 4.88 Å². The quantitative estimate of drug-likeness (QED) is 0.833. The van der Waals surface area contributed by atoms with Crippen LogP contribution in [-0.2, 0) is 13.1 Å². The summed E-state index contributed by atoms with van der Waals surface area (Å²) in [6.07, 6.45) is 2.37. The minimum Gasteiger partial charge on any atom is -0.395 e. The molecule has 4 heteroatoms. The number of hydrogen-bond donors (Lipinski definition) is 1. The van der Waals surface area contributed by atoms with Gasteiger partial charge in [-0.3, -0.25) is 9.88 Å². The molecule has 21 heavy (non-hydrogen) atoms. The maximum Gasteiger partial charge on any atom is 0.0544 e. The molecule has 2 aromatic rings. The number of thiophene rings is 1. The summed E-state index contributed by atoms with van der Waals surface area (Å²) < 4.78 is 0. The smallest absolute Gasteiger partial charge is 0.0544 e. The summed E-state index contributed by atoms with van der Waals surface area (Å²) in [4.78, 5) is 8.05. The predicted octanol–water partition coefficient (Wildman–Crippen LogP) is 2.90. The van der Waals surface area contributed by atoms with Crippen LogP contribution in [0.25, 0.3) is 0 Å². The van der Waals surface area contributed by atoms with Crippen LogP contribution in [0.1, 0.15) is 29.5 Å². The first-order chi connectivity index (χ1) is 10.3. The maximum absolute atomic E-state index is 8.73. The van der Waals surface area contributed by atoms with Crippen molar-refractivity contribution in [3.63, 3.8) is 0 Å². The van der Waals surface area contributed by atoms with Crippen LogP contribution in [0.2, 0.25) is 0 Å². The Morgan fingerprint density at radius 3 is 2.95 bits per heavy atom. The van der Waals surface area contributed by atoms with Gasteiger partial charge in [-0.2, -0.15) is 0 Å². The topological polar surface area (TPSA) is 36.4 Å². The molecule has 0 radical (unpaired) electrons. The van der Waals surface area contributed by atoms with E-state index in [0.717, 1.165) is 30.9 Å². The number of aliphatic hydroxyl groups excluding tert-OH is 1. The molecule has 0 aromatic carbocycles. The van der Waals surface area contributed by atoms with Gasteiger partial charge in [0.1, 0.15) is 0 Å². The summed E-state index contributed by atoms with van der Waals surface area (Å²) in [6.45, 7) is 5.05. The maximum atomic E-state index is 8.73. The zero-order valence-electron chi connectivity index (χ0n) is 12.2. The number of hydrogen-bond acceptors (Lipinski definition) is 4. The third-order valence-corrected chi connectivity index (χ3v) is 3.98. The Morgan fingerprint density at radius 2 is 2.24 bits per heavy atom. The van der Waals surface area contributed by atoms with E-state index in [-0.39, 0.29) is 6.61 Å². The summed E-state index contributed by atoms with van der Waals surface area (Å²) in [5.74, 6) is 6.03. The average Bonchev–Trinajstić information content (AvgIpc) is 2.95. The lowest BCUT2D eigenvalue weighted by molar-refractivity contribution is 0.270. The fourth-order valence-electron chi connectivity index (χ4n) is 1.97. The molecule has 2 aromatic heterocycles. The van der Waals surface area contributed by atoms with Crippen molar-refractivity contribution in [3.8, 4) is 11.8 Å². The van der Waals surface area contributed by atoms with E-state index in [1.807, 2.05) is 18.3 Å². The van der Waals surface area contributed by atoms with Crippen LogP contribution in [-0.4, -0.2) is 28.1 Å². The van der Waals surface area contributed by atoms with Crippen LogP contribution < -0.4 is 0 Å². The van der Waals surface area contributed by atoms with Crippen molar-refractivity contribution >= 4 is 11.3 Å². The SMILES string of the molecule is CCN(Cc1ccccn1)Cc1cc(C#CCCO)cs1. The van der Waals surface area contributed by atoms with Crippen LogP contribution in [0.3, 0.4) is 0 Å². The molecule has 0 bridgehead atoms. The standard InChI is InChI=1S/C17H20N2OS/c1-2-19(12-16-8-3-5-9-18-16)13-17-11-15(14-21-17)7-4-6-10-20/h3,5,8-9,11,14,20H,2,6,10,12-13H2,1H3. The highest BCUT2D eigenvalue weighted by atomic mass is 32.1. The van der Waals surface area contributed by atoms with Gasteiger partial charge >= 0.3 is 0 Å². The van der Waals surface area contributed by atoms with Crippen LogP contribution in [0.15, 0.2) is 35.8 Å². The van der Waals surface area contributed by atoms with Gasteiger partial charge in [-0.1, -0.05) is 24.8 Å². The first-order valence-corrected chi connectivity index (χ1v) is 7.99. The molecule has 0 aliphatic heterocycles. The van der Waals surface area contributed by atoms with Crippen LogP contribution in [0.5, 0.6) is 0 Å². The van der Waals surface area contributed by atoms with Crippen molar-refractivity contribution in [2.75, 3.05) is 13.2 Å². The molecule has 2 heterocycles. The highest BCUT2D eigenvalue weighted by Crippen LogP contribution is 2.17. The first-order valence-electron chi connectivity index (χ1n) is 7.11. The summed E-state index contributed by atoms with van der Waals surface area (Å²) in [5, 5.41) is 10.8. The molecule has 0 saturated heterocycles.